The van der Waals surface area contributed by atoms with Gasteiger partial charge in [0.25, 0.3) is 5.91 Å². The van der Waals surface area contributed by atoms with Gasteiger partial charge in [-0.05, 0) is 38.0 Å². The van der Waals surface area contributed by atoms with Crippen LogP contribution in [0.4, 0.5) is 10.2 Å². The number of nitriles is 1. The molecular formula is C23H21FN6O2. The van der Waals surface area contributed by atoms with Gasteiger partial charge < -0.3 is 15.3 Å². The van der Waals surface area contributed by atoms with Crippen LogP contribution in [0.15, 0.2) is 36.5 Å². The van der Waals surface area contributed by atoms with Crippen LogP contribution >= 0.6 is 0 Å². The van der Waals surface area contributed by atoms with Gasteiger partial charge in [-0.25, -0.2) is 14.1 Å². The first-order chi connectivity index (χ1) is 15.5. The number of piperidine rings is 1. The second kappa shape index (κ2) is 7.73. The number of anilines is 1. The predicted molar refractivity (Wildman–Crippen MR) is 115 cm³/mol. The van der Waals surface area contributed by atoms with Crippen molar-refractivity contribution in [2.45, 2.75) is 38.5 Å². The molecule has 1 fully saturated rings. The van der Waals surface area contributed by atoms with E-state index in [4.69, 9.17) is 0 Å². The Labute approximate surface area is 183 Å². The lowest BCUT2D eigenvalue weighted by Gasteiger charge is -2.36. The Bertz CT molecular complexity index is 1260. The molecule has 0 unspecified atom stereocenters. The van der Waals surface area contributed by atoms with E-state index in [9.17, 15) is 19.6 Å². The lowest BCUT2D eigenvalue weighted by Crippen LogP contribution is -2.44. The maximum atomic E-state index is 14.7. The summed E-state index contributed by atoms with van der Waals surface area (Å²) in [6.45, 7) is 2.79. The van der Waals surface area contributed by atoms with E-state index in [1.807, 2.05) is 17.0 Å². The van der Waals surface area contributed by atoms with Crippen LogP contribution in [0.3, 0.4) is 0 Å². The minimum atomic E-state index is -0.558. The molecule has 5 rings (SSSR count). The van der Waals surface area contributed by atoms with Crippen LogP contribution in [0, 0.1) is 17.1 Å². The van der Waals surface area contributed by atoms with Crippen molar-refractivity contribution in [3.63, 3.8) is 0 Å². The van der Waals surface area contributed by atoms with Gasteiger partial charge in [0.05, 0.1) is 52.5 Å². The number of aromatic nitrogens is 3. The number of carbonyl (C=O) groups excluding carboxylic acids is 1. The van der Waals surface area contributed by atoms with Gasteiger partial charge in [-0.1, -0.05) is 6.07 Å². The second-order valence-corrected chi connectivity index (χ2v) is 8.16. The first-order valence-corrected chi connectivity index (χ1v) is 10.5. The number of benzene rings is 1. The summed E-state index contributed by atoms with van der Waals surface area (Å²) in [5, 5.41) is 27.0. The summed E-state index contributed by atoms with van der Waals surface area (Å²) in [6.07, 6.45) is 2.93. The largest absolute Gasteiger partial charge is 0.391 e. The molecule has 0 saturated carbocycles. The number of carbonyl (C=O) groups is 1. The van der Waals surface area contributed by atoms with Crippen LogP contribution in [0.2, 0.25) is 0 Å². The van der Waals surface area contributed by atoms with Gasteiger partial charge in [-0.2, -0.15) is 10.4 Å². The predicted octanol–water partition coefficient (Wildman–Crippen LogP) is 2.54. The highest BCUT2D eigenvalue weighted by molar-refractivity contribution is 6.01. The maximum Gasteiger partial charge on any atom is 0.255 e. The lowest BCUT2D eigenvalue weighted by atomic mass is 10.0. The molecule has 0 bridgehead atoms. The van der Waals surface area contributed by atoms with Crippen LogP contribution in [0.1, 0.15) is 41.4 Å². The monoisotopic (exact) mass is 432 g/mol. The van der Waals surface area contributed by atoms with Crippen LogP contribution < -0.4 is 10.2 Å². The third-order valence-electron chi connectivity index (χ3n) is 6.08. The topological polar surface area (TPSA) is 107 Å². The molecule has 1 aromatic carbocycles. The number of amides is 1. The molecule has 0 aliphatic carbocycles. The van der Waals surface area contributed by atoms with Gasteiger partial charge in [-0.15, -0.1) is 0 Å². The highest BCUT2D eigenvalue weighted by Crippen LogP contribution is 2.32. The van der Waals surface area contributed by atoms with E-state index in [0.717, 1.165) is 12.8 Å². The summed E-state index contributed by atoms with van der Waals surface area (Å²) in [5.41, 5.74) is 1.85. The molecule has 0 spiro atoms. The molecule has 2 aliphatic rings. The third-order valence-corrected chi connectivity index (χ3v) is 6.08. The normalized spacial score (nSPS) is 20.1. The molecule has 32 heavy (non-hydrogen) atoms. The van der Waals surface area contributed by atoms with Gasteiger partial charge in [0.1, 0.15) is 5.82 Å². The van der Waals surface area contributed by atoms with Crippen molar-refractivity contribution in [2.75, 3.05) is 11.4 Å². The minimum absolute atomic E-state index is 0.0959. The Hall–Kier alpha value is -3.77. The number of fused-ring (bicyclic) bond motifs is 1. The Balaban J connectivity index is 1.64. The average Bonchev–Trinajstić information content (AvgIpc) is 3.42. The molecule has 2 aliphatic heterocycles. The fourth-order valence-corrected chi connectivity index (χ4v) is 4.41. The van der Waals surface area contributed by atoms with Crippen molar-refractivity contribution in [3.8, 4) is 23.0 Å². The quantitative estimate of drug-likeness (QED) is 0.659. The maximum absolute atomic E-state index is 14.7. The Morgan fingerprint density at radius 2 is 2.12 bits per heavy atom. The molecule has 8 nitrogen and oxygen atoms in total. The number of pyridine rings is 1. The van der Waals surface area contributed by atoms with Crippen LogP contribution in [-0.2, 0) is 6.54 Å². The van der Waals surface area contributed by atoms with Crippen LogP contribution in [0.5, 0.6) is 0 Å². The summed E-state index contributed by atoms with van der Waals surface area (Å²) in [6, 6.07) is 9.95. The molecule has 9 heteroatoms. The number of hydrogen-bond donors (Lipinski definition) is 2. The zero-order chi connectivity index (χ0) is 22.4. The Morgan fingerprint density at radius 3 is 2.94 bits per heavy atom. The molecule has 2 aromatic heterocycles. The van der Waals surface area contributed by atoms with E-state index < -0.39 is 11.9 Å². The smallest absolute Gasteiger partial charge is 0.255 e. The van der Waals surface area contributed by atoms with Crippen molar-refractivity contribution < 1.29 is 14.3 Å². The molecule has 4 heterocycles. The van der Waals surface area contributed by atoms with Gasteiger partial charge in [0, 0.05) is 24.8 Å². The van der Waals surface area contributed by atoms with Crippen molar-refractivity contribution in [2.24, 2.45) is 0 Å². The van der Waals surface area contributed by atoms with Gasteiger partial charge in [0.15, 0.2) is 5.82 Å². The summed E-state index contributed by atoms with van der Waals surface area (Å²) in [7, 11) is 0. The lowest BCUT2D eigenvalue weighted by molar-refractivity contribution is 0.0965. The molecular weight excluding hydrogens is 411 g/mol. The number of nitrogens with zero attached hydrogens (tertiary/aromatic N) is 5. The summed E-state index contributed by atoms with van der Waals surface area (Å²) in [4.78, 5) is 19.1. The second-order valence-electron chi connectivity index (χ2n) is 8.16. The zero-order valence-corrected chi connectivity index (χ0v) is 17.4. The average molecular weight is 432 g/mol. The standard InChI is InChI=1S/C23H21FN6O2/c1-13-5-6-15(31)12-29(13)20-7-8-30(28-20)19-9-17(27-18-11-26-23(32)22(18)19)21-14(10-25)3-2-4-16(21)24/h2-4,7-9,13,15,31H,5-6,11-12H2,1H3,(H,26,32)/t13-,15+/m0/s1. The van der Waals surface area contributed by atoms with E-state index in [1.54, 1.807) is 16.9 Å². The Morgan fingerprint density at radius 1 is 1.28 bits per heavy atom. The highest BCUT2D eigenvalue weighted by Gasteiger charge is 2.29. The summed E-state index contributed by atoms with van der Waals surface area (Å²) < 4.78 is 16.3. The number of β-amino-alcohol motifs (C(OH)–C–C–N with tert-alkyl or cyclic N) is 1. The molecule has 1 saturated heterocycles. The van der Waals surface area contributed by atoms with Crippen LogP contribution in [-0.4, -0.2) is 44.5 Å². The number of nitrogens with one attached hydrogen (secondary N) is 1. The van der Waals surface area contributed by atoms with Crippen molar-refractivity contribution in [1.82, 2.24) is 20.1 Å². The van der Waals surface area contributed by atoms with Gasteiger partial charge in [-0.3, -0.25) is 4.79 Å². The SMILES string of the molecule is C[C@H]1CC[C@@H](O)CN1c1ccn(-c2cc(-c3c(F)cccc3C#N)nc3c2C(=O)NC3)n1. The summed E-state index contributed by atoms with van der Waals surface area (Å²) in [5.74, 6) is -0.149. The van der Waals surface area contributed by atoms with Gasteiger partial charge in [0.2, 0.25) is 0 Å². The number of hydrogen-bond acceptors (Lipinski definition) is 6. The number of halogens is 1. The van der Waals surface area contributed by atoms with E-state index in [1.165, 1.54) is 18.2 Å². The summed E-state index contributed by atoms with van der Waals surface area (Å²) >= 11 is 0. The fraction of sp³-hybridized carbons (Fsp3) is 0.304. The molecule has 2 N–H and O–H groups in total. The minimum Gasteiger partial charge on any atom is -0.391 e. The molecule has 2 atom stereocenters. The van der Waals surface area contributed by atoms with Gasteiger partial charge >= 0.3 is 0 Å². The van der Waals surface area contributed by atoms with E-state index in [0.29, 0.717) is 29.3 Å². The van der Waals surface area contributed by atoms with Crippen molar-refractivity contribution in [1.29, 1.82) is 5.26 Å². The molecule has 3 aromatic rings. The van der Waals surface area contributed by atoms with Crippen LogP contribution in [0.25, 0.3) is 16.9 Å². The van der Waals surface area contributed by atoms with Crippen molar-refractivity contribution in [3.05, 3.63) is 59.2 Å². The Kier molecular flexibility index (Phi) is 4.87. The van der Waals surface area contributed by atoms with E-state index in [2.05, 4.69) is 22.3 Å². The fourth-order valence-electron chi connectivity index (χ4n) is 4.41. The first kappa shape index (κ1) is 20.2. The van der Waals surface area contributed by atoms with E-state index in [-0.39, 0.29) is 35.3 Å². The molecule has 1 amide bonds. The van der Waals surface area contributed by atoms with E-state index >= 15 is 0 Å². The number of aliphatic hydroxyl groups excluding tert-OH is 1. The zero-order valence-electron chi connectivity index (χ0n) is 17.4. The van der Waals surface area contributed by atoms with Crippen molar-refractivity contribution >= 4 is 11.7 Å². The molecule has 0 radical (unpaired) electrons. The highest BCUT2D eigenvalue weighted by atomic mass is 19.1. The molecule has 162 valence electrons. The number of aliphatic hydroxyl groups is 1. The third kappa shape index (κ3) is 3.29. The number of rotatable bonds is 3. The first-order valence-electron chi connectivity index (χ1n) is 10.5.